The van der Waals surface area contributed by atoms with Crippen LogP contribution in [0.5, 0.6) is 0 Å². The van der Waals surface area contributed by atoms with Gasteiger partial charge in [0.1, 0.15) is 5.69 Å². The van der Waals surface area contributed by atoms with Crippen molar-refractivity contribution in [2.24, 2.45) is 0 Å². The smallest absolute Gasteiger partial charge is 0.165 e. The third-order valence-corrected chi connectivity index (χ3v) is 9.85. The topological polar surface area (TPSA) is 30.7 Å². The standard InChI is InChI=1S/C42H23N3/c1-2-9-28(10-3-1)40-42(44-41-29-13-5-4-8-24(29)18-21-32(41)43-40)45-33-22-19-26-12-7-15-31-30-14-6-11-25-16-17-27-20-23-34(45)39(37(27)35(25)30)38(33)36(26)31/h1-23H. The lowest BCUT2D eigenvalue weighted by Gasteiger charge is -2.16. The van der Waals surface area contributed by atoms with E-state index in [1.165, 1.54) is 54.2 Å². The van der Waals surface area contributed by atoms with Crippen molar-refractivity contribution in [1.82, 2.24) is 14.5 Å². The van der Waals surface area contributed by atoms with Gasteiger partial charge in [-0.2, -0.15) is 0 Å². The predicted molar refractivity (Wildman–Crippen MR) is 188 cm³/mol. The molecule has 3 heteroatoms. The molecule has 0 spiro atoms. The van der Waals surface area contributed by atoms with Crippen molar-refractivity contribution in [3.8, 4) is 28.2 Å². The van der Waals surface area contributed by atoms with Crippen LogP contribution in [-0.2, 0) is 0 Å². The normalized spacial score (nSPS) is 12.4. The molecule has 0 N–H and O–H groups in total. The third kappa shape index (κ3) is 2.95. The number of fused-ring (bicyclic) bond motifs is 4. The summed E-state index contributed by atoms with van der Waals surface area (Å²) >= 11 is 0. The minimum atomic E-state index is 0.849. The first-order valence-electron chi connectivity index (χ1n) is 15.4. The minimum Gasteiger partial charge on any atom is -0.292 e. The molecule has 10 aromatic rings. The fourth-order valence-corrected chi connectivity index (χ4v) is 7.96. The summed E-state index contributed by atoms with van der Waals surface area (Å²) in [6, 6.07) is 50.4. The van der Waals surface area contributed by atoms with Gasteiger partial charge < -0.3 is 0 Å². The van der Waals surface area contributed by atoms with Crippen molar-refractivity contribution in [2.75, 3.05) is 0 Å². The first-order chi connectivity index (χ1) is 22.3. The molecule has 206 valence electrons. The number of hydrogen-bond donors (Lipinski definition) is 0. The van der Waals surface area contributed by atoms with E-state index >= 15 is 0 Å². The van der Waals surface area contributed by atoms with Gasteiger partial charge in [-0.15, -0.1) is 0 Å². The second kappa shape index (κ2) is 8.31. The second-order valence-corrected chi connectivity index (χ2v) is 12.1. The number of hydrogen-bond acceptors (Lipinski definition) is 2. The minimum absolute atomic E-state index is 0.849. The lowest BCUT2D eigenvalue weighted by atomic mass is 9.93. The highest BCUT2D eigenvalue weighted by Crippen LogP contribution is 2.50. The Kier molecular flexibility index (Phi) is 4.32. The maximum absolute atomic E-state index is 5.56. The van der Waals surface area contributed by atoms with Crippen LogP contribution in [-0.4, -0.2) is 14.5 Å². The zero-order chi connectivity index (χ0) is 29.2. The summed E-state index contributed by atoms with van der Waals surface area (Å²) in [6.07, 6.45) is 0. The number of benzene rings is 8. The van der Waals surface area contributed by atoms with Crippen molar-refractivity contribution in [3.05, 3.63) is 140 Å². The van der Waals surface area contributed by atoms with Crippen molar-refractivity contribution in [2.45, 2.75) is 0 Å². The van der Waals surface area contributed by atoms with Crippen LogP contribution in [0.2, 0.25) is 0 Å². The van der Waals surface area contributed by atoms with Gasteiger partial charge in [0, 0.05) is 27.1 Å². The summed E-state index contributed by atoms with van der Waals surface area (Å²) in [5.41, 5.74) is 8.61. The quantitative estimate of drug-likeness (QED) is 0.194. The molecule has 45 heavy (non-hydrogen) atoms. The summed E-state index contributed by atoms with van der Waals surface area (Å²) in [4.78, 5) is 10.9. The molecule has 2 aromatic heterocycles. The molecule has 0 radical (unpaired) electrons. The summed E-state index contributed by atoms with van der Waals surface area (Å²) in [5.74, 6) is 0.849. The summed E-state index contributed by atoms with van der Waals surface area (Å²) in [7, 11) is 0. The zero-order valence-electron chi connectivity index (χ0n) is 24.1. The Morgan fingerprint density at radius 2 is 0.978 bits per heavy atom. The Morgan fingerprint density at radius 3 is 1.73 bits per heavy atom. The SMILES string of the molecule is c1ccc(-c2nc3ccc4ccccc4c3nc2-n2c3ccc4cccc5c4c3c3c4c(ccc6cccc-5c64)ccc32)cc1. The Balaban J connectivity index is 1.42. The van der Waals surface area contributed by atoms with Gasteiger partial charge >= 0.3 is 0 Å². The third-order valence-electron chi connectivity index (χ3n) is 9.85. The first-order valence-corrected chi connectivity index (χ1v) is 15.4. The van der Waals surface area contributed by atoms with Gasteiger partial charge in [0.15, 0.2) is 5.82 Å². The molecule has 1 aliphatic rings. The van der Waals surface area contributed by atoms with Gasteiger partial charge in [0.2, 0.25) is 0 Å². The van der Waals surface area contributed by atoms with E-state index in [0.717, 1.165) is 49.9 Å². The van der Waals surface area contributed by atoms with Crippen molar-refractivity contribution < 1.29 is 0 Å². The van der Waals surface area contributed by atoms with Crippen LogP contribution in [0.25, 0.3) is 104 Å². The maximum atomic E-state index is 5.56. The molecule has 0 unspecified atom stereocenters. The average molecular weight is 570 g/mol. The van der Waals surface area contributed by atoms with E-state index < -0.39 is 0 Å². The van der Waals surface area contributed by atoms with Gasteiger partial charge in [-0.3, -0.25) is 4.57 Å². The largest absolute Gasteiger partial charge is 0.292 e. The van der Waals surface area contributed by atoms with E-state index in [-0.39, 0.29) is 0 Å². The molecule has 0 bridgehead atoms. The number of nitrogens with zero attached hydrogens (tertiary/aromatic N) is 3. The van der Waals surface area contributed by atoms with E-state index in [0.29, 0.717) is 0 Å². The fourth-order valence-electron chi connectivity index (χ4n) is 7.96. The van der Waals surface area contributed by atoms with Gasteiger partial charge in [-0.05, 0) is 61.6 Å². The van der Waals surface area contributed by atoms with E-state index in [2.05, 4.69) is 144 Å². The van der Waals surface area contributed by atoms with E-state index in [4.69, 9.17) is 9.97 Å². The average Bonchev–Trinajstić information content (AvgIpc) is 3.38. The molecule has 0 atom stereocenters. The van der Waals surface area contributed by atoms with Crippen molar-refractivity contribution in [3.63, 3.8) is 0 Å². The predicted octanol–water partition coefficient (Wildman–Crippen LogP) is 11.0. The van der Waals surface area contributed by atoms with Crippen LogP contribution in [0, 0.1) is 0 Å². The Bertz CT molecular complexity index is 2920. The van der Waals surface area contributed by atoms with Crippen LogP contribution >= 0.6 is 0 Å². The second-order valence-electron chi connectivity index (χ2n) is 12.1. The first kappa shape index (κ1) is 23.4. The molecular weight excluding hydrogens is 546 g/mol. The van der Waals surface area contributed by atoms with Crippen LogP contribution in [0.15, 0.2) is 140 Å². The molecule has 2 heterocycles. The van der Waals surface area contributed by atoms with E-state index in [1.54, 1.807) is 0 Å². The number of aromatic nitrogens is 3. The summed E-state index contributed by atoms with van der Waals surface area (Å²) < 4.78 is 2.38. The number of rotatable bonds is 2. The highest BCUT2D eigenvalue weighted by molar-refractivity contribution is 6.38. The molecule has 11 rings (SSSR count). The van der Waals surface area contributed by atoms with Crippen molar-refractivity contribution >= 4 is 75.9 Å². The molecule has 0 amide bonds. The maximum Gasteiger partial charge on any atom is 0.165 e. The Hall–Kier alpha value is -6.06. The molecule has 0 saturated heterocycles. The lowest BCUT2D eigenvalue weighted by molar-refractivity contribution is 1.08. The van der Waals surface area contributed by atoms with Crippen LogP contribution in [0.4, 0.5) is 0 Å². The fraction of sp³-hybridized carbons (Fsp3) is 0. The zero-order valence-corrected chi connectivity index (χ0v) is 24.1. The van der Waals surface area contributed by atoms with Crippen molar-refractivity contribution in [1.29, 1.82) is 0 Å². The molecule has 0 fully saturated rings. The summed E-state index contributed by atoms with van der Waals surface area (Å²) in [5, 5.41) is 12.5. The molecule has 0 saturated carbocycles. The molecule has 8 aromatic carbocycles. The van der Waals surface area contributed by atoms with Crippen LogP contribution in [0.3, 0.4) is 0 Å². The van der Waals surface area contributed by atoms with Gasteiger partial charge in [-0.1, -0.05) is 121 Å². The van der Waals surface area contributed by atoms with Crippen LogP contribution < -0.4 is 0 Å². The Labute approximate surface area is 257 Å². The highest BCUT2D eigenvalue weighted by atomic mass is 15.1. The van der Waals surface area contributed by atoms with Gasteiger partial charge in [-0.25, -0.2) is 9.97 Å². The van der Waals surface area contributed by atoms with E-state index in [9.17, 15) is 0 Å². The lowest BCUT2D eigenvalue weighted by Crippen LogP contribution is -2.04. The molecular formula is C42H23N3. The van der Waals surface area contributed by atoms with E-state index in [1.807, 2.05) is 0 Å². The van der Waals surface area contributed by atoms with Gasteiger partial charge in [0.05, 0.1) is 22.1 Å². The summed E-state index contributed by atoms with van der Waals surface area (Å²) in [6.45, 7) is 0. The highest BCUT2D eigenvalue weighted by Gasteiger charge is 2.26. The molecule has 1 aliphatic carbocycles. The molecule has 3 nitrogen and oxygen atoms in total. The molecule has 0 aliphatic heterocycles. The van der Waals surface area contributed by atoms with Gasteiger partial charge in [0.25, 0.3) is 0 Å². The Morgan fingerprint density at radius 1 is 0.400 bits per heavy atom. The monoisotopic (exact) mass is 569 g/mol. The van der Waals surface area contributed by atoms with Crippen LogP contribution in [0.1, 0.15) is 0 Å².